The Hall–Kier alpha value is -1.71. The molecule has 1 atom stereocenters. The molecule has 1 aliphatic heterocycles. The maximum Gasteiger partial charge on any atom is 0.114 e. The first-order valence-corrected chi connectivity index (χ1v) is 11.0. The summed E-state index contributed by atoms with van der Waals surface area (Å²) in [4.78, 5) is 6.96. The zero-order valence-corrected chi connectivity index (χ0v) is 17.7. The van der Waals surface area contributed by atoms with Gasteiger partial charge in [-0.25, -0.2) is 4.98 Å². The third-order valence-corrected chi connectivity index (χ3v) is 8.06. The van der Waals surface area contributed by atoms with Crippen molar-refractivity contribution in [3.05, 3.63) is 52.9 Å². The van der Waals surface area contributed by atoms with Crippen LogP contribution in [-0.2, 0) is 0 Å². The number of hydrogen-bond donors (Lipinski definition) is 0. The van der Waals surface area contributed by atoms with Crippen LogP contribution in [0.4, 0.5) is 5.82 Å². The van der Waals surface area contributed by atoms with Crippen LogP contribution in [0.5, 0.6) is 0 Å². The van der Waals surface area contributed by atoms with E-state index in [1.165, 1.54) is 37.9 Å². The average molecular weight is 414 g/mol. The quantitative estimate of drug-likeness (QED) is 0.464. The van der Waals surface area contributed by atoms with Crippen LogP contribution < -0.4 is 4.90 Å². The lowest BCUT2D eigenvalue weighted by atomic mass is 9.71. The van der Waals surface area contributed by atoms with Gasteiger partial charge in [-0.1, -0.05) is 55.1 Å². The van der Waals surface area contributed by atoms with Crippen molar-refractivity contribution in [2.24, 2.45) is 11.3 Å². The van der Waals surface area contributed by atoms with Crippen molar-refractivity contribution in [2.75, 3.05) is 18.0 Å². The van der Waals surface area contributed by atoms with Gasteiger partial charge in [0.2, 0.25) is 0 Å². The zero-order chi connectivity index (χ0) is 19.3. The van der Waals surface area contributed by atoms with E-state index in [0.29, 0.717) is 15.5 Å². The summed E-state index contributed by atoms with van der Waals surface area (Å²) in [6, 6.07) is 10.1. The Labute approximate surface area is 176 Å². The molecule has 0 unspecified atom stereocenters. The molecule has 2 aromatic heterocycles. The molecule has 0 N–H and O–H groups in total. The zero-order valence-electron chi connectivity index (χ0n) is 16.2. The molecule has 0 amide bonds. The number of pyridine rings is 1. The van der Waals surface area contributed by atoms with E-state index in [1.807, 2.05) is 30.7 Å². The van der Waals surface area contributed by atoms with Crippen molar-refractivity contribution in [3.63, 3.8) is 0 Å². The molecule has 2 aliphatic rings. The topological polar surface area (TPSA) is 20.5 Å². The summed E-state index contributed by atoms with van der Waals surface area (Å²) in [7, 11) is 0. The predicted molar refractivity (Wildman–Crippen MR) is 118 cm³/mol. The molecule has 3 aromatic rings. The molecule has 3 nitrogen and oxygen atoms in total. The molecule has 28 heavy (non-hydrogen) atoms. The highest BCUT2D eigenvalue weighted by Crippen LogP contribution is 2.50. The number of rotatable bonds is 2. The van der Waals surface area contributed by atoms with Crippen LogP contribution in [-0.4, -0.2) is 22.5 Å². The molecular weight excluding hydrogens is 389 g/mol. The monoisotopic (exact) mass is 413 g/mol. The molecule has 1 saturated heterocycles. The molecule has 5 rings (SSSR count). The van der Waals surface area contributed by atoms with E-state index < -0.39 is 0 Å². The van der Waals surface area contributed by atoms with Crippen LogP contribution in [0.15, 0.2) is 42.9 Å². The first kappa shape index (κ1) is 18.3. The average Bonchev–Trinajstić information content (AvgIpc) is 3.32. The van der Waals surface area contributed by atoms with Crippen LogP contribution in [0.3, 0.4) is 0 Å². The number of fused-ring (bicyclic) bond motifs is 1. The van der Waals surface area contributed by atoms with Crippen molar-refractivity contribution in [2.45, 2.75) is 39.0 Å². The molecule has 146 valence electrons. The minimum absolute atomic E-state index is 0.577. The van der Waals surface area contributed by atoms with E-state index in [9.17, 15) is 0 Å². The van der Waals surface area contributed by atoms with Gasteiger partial charge in [0, 0.05) is 24.2 Å². The van der Waals surface area contributed by atoms with Crippen molar-refractivity contribution in [1.29, 1.82) is 0 Å². The highest BCUT2D eigenvalue weighted by molar-refractivity contribution is 6.43. The summed E-state index contributed by atoms with van der Waals surface area (Å²) in [5, 5.41) is 1.17. The molecular formula is C23H25Cl2N3. The van der Waals surface area contributed by atoms with Crippen molar-refractivity contribution >= 4 is 34.5 Å². The van der Waals surface area contributed by atoms with Crippen LogP contribution in [0.2, 0.25) is 10.0 Å². The maximum atomic E-state index is 6.49. The number of benzene rings is 1. The molecule has 0 radical (unpaired) electrons. The van der Waals surface area contributed by atoms with Crippen molar-refractivity contribution in [1.82, 2.24) is 9.38 Å². The lowest BCUT2D eigenvalue weighted by molar-refractivity contribution is 0.161. The Morgan fingerprint density at radius 3 is 2.61 bits per heavy atom. The fourth-order valence-electron chi connectivity index (χ4n) is 5.43. The maximum absolute atomic E-state index is 6.49. The lowest BCUT2D eigenvalue weighted by Crippen LogP contribution is -2.42. The van der Waals surface area contributed by atoms with Gasteiger partial charge in [-0.2, -0.15) is 0 Å². The van der Waals surface area contributed by atoms with Gasteiger partial charge in [-0.15, -0.1) is 0 Å². The molecule has 1 aliphatic carbocycles. The third kappa shape index (κ3) is 2.83. The lowest BCUT2D eigenvalue weighted by Gasteiger charge is -2.43. The Balaban J connectivity index is 1.50. The van der Waals surface area contributed by atoms with Crippen LogP contribution in [0.1, 0.15) is 39.0 Å². The number of piperidine rings is 1. The van der Waals surface area contributed by atoms with Crippen LogP contribution in [0.25, 0.3) is 16.6 Å². The third-order valence-electron chi connectivity index (χ3n) is 7.24. The second-order valence-corrected chi connectivity index (χ2v) is 9.28. The van der Waals surface area contributed by atoms with E-state index in [2.05, 4.69) is 33.3 Å². The largest absolute Gasteiger partial charge is 0.358 e. The summed E-state index contributed by atoms with van der Waals surface area (Å²) >= 11 is 12.7. The Kier molecular flexibility index (Phi) is 4.56. The van der Waals surface area contributed by atoms with Gasteiger partial charge in [0.05, 0.1) is 21.8 Å². The second kappa shape index (κ2) is 6.96. The van der Waals surface area contributed by atoms with Crippen molar-refractivity contribution in [3.8, 4) is 11.1 Å². The van der Waals surface area contributed by atoms with Gasteiger partial charge in [-0.3, -0.25) is 4.40 Å². The van der Waals surface area contributed by atoms with Gasteiger partial charge >= 0.3 is 0 Å². The Morgan fingerprint density at radius 2 is 1.86 bits per heavy atom. The Morgan fingerprint density at radius 1 is 1.04 bits per heavy atom. The summed E-state index contributed by atoms with van der Waals surface area (Å²) in [5.41, 5.74) is 3.66. The van der Waals surface area contributed by atoms with Gasteiger partial charge in [0.25, 0.3) is 0 Å². The van der Waals surface area contributed by atoms with Crippen LogP contribution >= 0.6 is 23.2 Å². The number of hydrogen-bond acceptors (Lipinski definition) is 2. The second-order valence-electron chi connectivity index (χ2n) is 8.50. The van der Waals surface area contributed by atoms with E-state index in [-0.39, 0.29) is 0 Å². The number of anilines is 1. The van der Waals surface area contributed by atoms with Crippen LogP contribution in [0, 0.1) is 11.3 Å². The summed E-state index contributed by atoms with van der Waals surface area (Å²) in [6.07, 6.45) is 10.6. The minimum atomic E-state index is 0.577. The number of halogens is 2. The standard InChI is InChI=1S/C23H25Cl2N3/c1-16-4-3-9-23(16)10-12-27(13-11-23)21-8-7-17(20-14-26-15-28(20)21)18-5-2-6-19(24)22(18)25/h2,5-8,14-16H,3-4,9-13H2,1H3/t16-/m1/s1. The highest BCUT2D eigenvalue weighted by Gasteiger charge is 2.42. The highest BCUT2D eigenvalue weighted by atomic mass is 35.5. The smallest absolute Gasteiger partial charge is 0.114 e. The molecule has 1 saturated carbocycles. The van der Waals surface area contributed by atoms with Gasteiger partial charge in [0.1, 0.15) is 12.1 Å². The fraction of sp³-hybridized carbons (Fsp3) is 0.435. The summed E-state index contributed by atoms with van der Waals surface area (Å²) in [5.74, 6) is 2.09. The first-order valence-electron chi connectivity index (χ1n) is 10.2. The summed E-state index contributed by atoms with van der Waals surface area (Å²) < 4.78 is 2.20. The van der Waals surface area contributed by atoms with E-state index in [1.54, 1.807) is 0 Å². The number of nitrogens with zero attached hydrogens (tertiary/aromatic N) is 3. The van der Waals surface area contributed by atoms with Gasteiger partial charge in [0.15, 0.2) is 0 Å². The van der Waals surface area contributed by atoms with Gasteiger partial charge in [-0.05, 0) is 48.8 Å². The molecule has 5 heteroatoms. The first-order chi connectivity index (χ1) is 13.6. The van der Waals surface area contributed by atoms with E-state index >= 15 is 0 Å². The normalized spacial score (nSPS) is 21.7. The molecule has 2 fully saturated rings. The summed E-state index contributed by atoms with van der Waals surface area (Å²) in [6.45, 7) is 4.70. The minimum Gasteiger partial charge on any atom is -0.358 e. The number of imidazole rings is 1. The Bertz CT molecular complexity index is 1020. The fourth-order valence-corrected chi connectivity index (χ4v) is 5.84. The molecule has 1 spiro atoms. The SMILES string of the molecule is C[C@@H]1CCCC12CCN(c1ccc(-c3cccc(Cl)c3Cl)c3cncn13)CC2. The number of aromatic nitrogens is 2. The predicted octanol–water partition coefficient (Wildman–Crippen LogP) is 6.71. The molecule has 0 bridgehead atoms. The molecule has 1 aromatic carbocycles. The van der Waals surface area contributed by atoms with E-state index in [0.717, 1.165) is 35.7 Å². The van der Waals surface area contributed by atoms with E-state index in [4.69, 9.17) is 23.2 Å². The molecule has 3 heterocycles. The van der Waals surface area contributed by atoms with Crippen molar-refractivity contribution < 1.29 is 0 Å². The van der Waals surface area contributed by atoms with Gasteiger partial charge < -0.3 is 4.90 Å².